The predicted molar refractivity (Wildman–Crippen MR) is 173 cm³/mol. The van der Waals surface area contributed by atoms with E-state index in [0.717, 1.165) is 60.8 Å². The first-order valence-corrected chi connectivity index (χ1v) is 16.0. The Kier molecular flexibility index (Phi) is 23.2. The summed E-state index contributed by atoms with van der Waals surface area (Å²) in [7, 11) is -4.94. The number of hydroxylamine groups is 1. The van der Waals surface area contributed by atoms with Crippen molar-refractivity contribution in [3.63, 3.8) is 0 Å². The molecule has 276 valence electrons. The summed E-state index contributed by atoms with van der Waals surface area (Å²) < 4.78 is 34.0. The monoisotopic (exact) mass is 750 g/mol. The molecule has 0 fully saturated rings. The van der Waals surface area contributed by atoms with Crippen molar-refractivity contribution in [2.45, 2.75) is 75.0 Å². The van der Waals surface area contributed by atoms with Crippen LogP contribution in [0.1, 0.15) is 73.9 Å². The van der Waals surface area contributed by atoms with Gasteiger partial charge in [-0.2, -0.15) is 0 Å². The summed E-state index contributed by atoms with van der Waals surface area (Å²) in [6.07, 6.45) is 1.85. The van der Waals surface area contributed by atoms with E-state index >= 15 is 0 Å². The molecular weight excluding hydrogens is 703 g/mol. The Balaban J connectivity index is -0.00000117. The van der Waals surface area contributed by atoms with Gasteiger partial charge in [-0.3, -0.25) is 14.7 Å². The van der Waals surface area contributed by atoms with Crippen molar-refractivity contribution in [3.8, 4) is 0 Å². The molecule has 0 radical (unpaired) electrons. The van der Waals surface area contributed by atoms with Crippen molar-refractivity contribution in [1.82, 2.24) is 25.3 Å². The molecule has 0 unspecified atom stereocenters. The molecular formula is C32H49ClN8NiO7. The van der Waals surface area contributed by atoms with Gasteiger partial charge in [0, 0.05) is 45.8 Å². The van der Waals surface area contributed by atoms with Gasteiger partial charge in [0.1, 0.15) is 11.6 Å². The molecule has 49 heavy (non-hydrogen) atoms. The Bertz CT molecular complexity index is 1290. The fraction of sp³-hybridized carbons (Fsp3) is 0.469. The van der Waals surface area contributed by atoms with E-state index < -0.39 is 22.0 Å². The van der Waals surface area contributed by atoms with Crippen LogP contribution in [0, 0.1) is 31.7 Å². The Morgan fingerprint density at radius 3 is 1.43 bits per heavy atom. The summed E-state index contributed by atoms with van der Waals surface area (Å²) in [4.78, 5) is 26.0. The molecule has 0 aliphatic carbocycles. The molecule has 17 heteroatoms. The van der Waals surface area contributed by atoms with Crippen LogP contribution in [0.4, 0.5) is 11.6 Å². The fourth-order valence-corrected chi connectivity index (χ4v) is 3.39. The molecule has 0 saturated carbocycles. The van der Waals surface area contributed by atoms with Crippen LogP contribution in [-0.4, -0.2) is 44.7 Å². The number of hydrogen-bond donors (Lipinski definition) is 4. The van der Waals surface area contributed by atoms with E-state index in [2.05, 4.69) is 92.4 Å². The van der Waals surface area contributed by atoms with Crippen molar-refractivity contribution in [2.24, 2.45) is 10.8 Å². The van der Waals surface area contributed by atoms with Crippen molar-refractivity contribution in [2.75, 3.05) is 23.7 Å². The maximum atomic E-state index is 9.39. The molecule has 0 bridgehead atoms. The molecule has 0 aromatic carbocycles. The third-order valence-electron chi connectivity index (χ3n) is 5.24. The van der Waals surface area contributed by atoms with Crippen LogP contribution >= 0.6 is 0 Å². The van der Waals surface area contributed by atoms with Gasteiger partial charge < -0.3 is 31.8 Å². The molecule has 0 saturated heterocycles. The van der Waals surface area contributed by atoms with Gasteiger partial charge in [0.25, 0.3) is 0 Å². The van der Waals surface area contributed by atoms with Crippen molar-refractivity contribution in [1.29, 1.82) is 5.41 Å². The minimum absolute atomic E-state index is 0. The van der Waals surface area contributed by atoms with Crippen LogP contribution in [0.2, 0.25) is 0 Å². The first-order valence-electron chi connectivity index (χ1n) is 14.8. The summed E-state index contributed by atoms with van der Waals surface area (Å²) in [5.41, 5.74) is 4.61. The van der Waals surface area contributed by atoms with Crippen molar-refractivity contribution >= 4 is 23.4 Å². The molecule has 3 heterocycles. The standard InChI is InChI=1S/C28H40N6.C2H4NO2.C2H5NO.ClHO4.Ni/c1-27(2,3)20-30-25-14-9-12-23(32-25)18-34(17-22-11-7-8-16-29-22)19-24-13-10-15-26(33-24)31-21-28(4,5)6;1-2(4)3-5;1-2(3)4;2-1(3,4)5;/h7-16H,17-21H2,1-6H3,(H,30,32)(H,31,33);1H3,(H-,3,4,5);1H3,(H2,3,4);(H,2,3,4,5);/q;-1;;;+2/p-1. The van der Waals surface area contributed by atoms with Crippen LogP contribution in [0.3, 0.4) is 0 Å². The molecule has 0 spiro atoms. The number of pyridine rings is 3. The molecule has 4 N–H and O–H groups in total. The summed E-state index contributed by atoms with van der Waals surface area (Å²) in [5, 5.41) is 31.0. The second kappa shape index (κ2) is 23.8. The van der Waals surface area contributed by atoms with Gasteiger partial charge in [0.2, 0.25) is 5.91 Å². The normalized spacial score (nSPS) is 10.8. The Morgan fingerprint density at radius 1 is 0.776 bits per heavy atom. The fourth-order valence-electron chi connectivity index (χ4n) is 3.39. The van der Waals surface area contributed by atoms with Gasteiger partial charge in [0.05, 0.1) is 17.1 Å². The zero-order chi connectivity index (χ0) is 37.0. The Hall–Kier alpha value is -3.47. The number of rotatable bonds is 10. The SMILES string of the molecule is CC(=N)[O-].CC(=O)N[O-].CC(C)(C)CNc1cccc(CN(Cc2ccccn2)Cc2cccc(NCC(C)(C)C)n2)n1.[H+].[Ni+2].[O-][Cl+3]([O-])([O-])[O-]. The Morgan fingerprint density at radius 2 is 1.12 bits per heavy atom. The topological polar surface area (TPSA) is 257 Å². The maximum absolute atomic E-state index is 9.39. The number of anilines is 2. The van der Waals surface area contributed by atoms with Crippen molar-refractivity contribution < 1.29 is 56.7 Å². The number of halogens is 1. The third-order valence-corrected chi connectivity index (χ3v) is 5.24. The molecule has 0 aliphatic rings. The zero-order valence-electron chi connectivity index (χ0n) is 30.1. The molecule has 3 aromatic heterocycles. The van der Waals surface area contributed by atoms with E-state index in [-0.39, 0.29) is 28.7 Å². The molecule has 1 amide bonds. The molecule has 3 aromatic rings. The van der Waals surface area contributed by atoms with Crippen LogP contribution in [0.25, 0.3) is 0 Å². The maximum Gasteiger partial charge on any atom is 2.00 e. The number of amides is 1. The van der Waals surface area contributed by atoms with Crippen LogP contribution in [0.5, 0.6) is 0 Å². The molecule has 0 aliphatic heterocycles. The molecule has 0 atom stereocenters. The Labute approximate surface area is 302 Å². The van der Waals surface area contributed by atoms with E-state index in [0.29, 0.717) is 13.1 Å². The van der Waals surface area contributed by atoms with Gasteiger partial charge in [-0.05, 0) is 60.0 Å². The predicted octanol–water partition coefficient (Wildman–Crippen LogP) is 0.308. The number of carbonyl (C=O) groups excluding carboxylic acids is 1. The van der Waals surface area contributed by atoms with Crippen LogP contribution in [-0.2, 0) is 40.9 Å². The van der Waals surface area contributed by atoms with Gasteiger partial charge in [0.15, 0.2) is 0 Å². The van der Waals surface area contributed by atoms with E-state index in [1.54, 1.807) is 0 Å². The van der Waals surface area contributed by atoms with E-state index in [1.807, 2.05) is 30.5 Å². The van der Waals surface area contributed by atoms with E-state index in [1.165, 1.54) is 6.92 Å². The first-order chi connectivity index (χ1) is 22.1. The minimum Gasteiger partial charge on any atom is -0.862 e. The van der Waals surface area contributed by atoms with Gasteiger partial charge in [-0.15, -0.1) is 10.2 Å². The van der Waals surface area contributed by atoms with Crippen molar-refractivity contribution in [3.05, 3.63) is 83.1 Å². The number of nitrogens with zero attached hydrogens (tertiary/aromatic N) is 4. The average molecular weight is 752 g/mol. The number of carbonyl (C=O) groups is 1. The van der Waals surface area contributed by atoms with Gasteiger partial charge >= 0.3 is 17.9 Å². The third kappa shape index (κ3) is 31.5. The summed E-state index contributed by atoms with van der Waals surface area (Å²) in [6, 6.07) is 18.4. The smallest absolute Gasteiger partial charge is 0.862 e. The van der Waals surface area contributed by atoms with E-state index in [9.17, 15) is 4.79 Å². The van der Waals surface area contributed by atoms with E-state index in [4.69, 9.17) is 44.3 Å². The number of aromatic nitrogens is 3. The quantitative estimate of drug-likeness (QED) is 0.0943. The summed E-state index contributed by atoms with van der Waals surface area (Å²) >= 11 is 0. The summed E-state index contributed by atoms with van der Waals surface area (Å²) in [5.74, 6) is 0.693. The van der Waals surface area contributed by atoms with Gasteiger partial charge in [-0.1, -0.05) is 59.7 Å². The second-order valence-corrected chi connectivity index (χ2v) is 13.7. The molecule has 15 nitrogen and oxygen atoms in total. The zero-order valence-corrected chi connectivity index (χ0v) is 30.9. The van der Waals surface area contributed by atoms with Gasteiger partial charge in [-0.25, -0.2) is 28.6 Å². The first kappa shape index (κ1) is 47.6. The largest absolute Gasteiger partial charge is 2.00 e. The average Bonchev–Trinajstić information content (AvgIpc) is 2.94. The molecule has 3 rings (SSSR count). The minimum atomic E-state index is -4.94. The van der Waals surface area contributed by atoms with Crippen LogP contribution in [0.15, 0.2) is 60.8 Å². The number of nitrogens with one attached hydrogen (secondary N) is 4. The summed E-state index contributed by atoms with van der Waals surface area (Å²) in [6.45, 7) is 19.6. The van der Waals surface area contributed by atoms with Crippen LogP contribution < -0.4 is 39.9 Å². The second-order valence-electron chi connectivity index (χ2n) is 12.9. The number of hydrogen-bond acceptors (Lipinski definition) is 14.